The SMILES string of the molecule is NNCc1cc(Br)cc(Br)c1NC(=O)c1cc(C(F)(F)F)nn1-c1ncccc1Cl. The number of amides is 1. The minimum atomic E-state index is -4.77. The van der Waals surface area contributed by atoms with Crippen molar-refractivity contribution in [3.05, 3.63) is 67.4 Å². The van der Waals surface area contributed by atoms with Crippen molar-refractivity contribution in [2.24, 2.45) is 5.84 Å². The number of aromatic nitrogens is 3. The minimum Gasteiger partial charge on any atom is -0.319 e. The van der Waals surface area contributed by atoms with Crippen molar-refractivity contribution in [1.82, 2.24) is 20.2 Å². The molecule has 30 heavy (non-hydrogen) atoms. The predicted molar refractivity (Wildman–Crippen MR) is 112 cm³/mol. The summed E-state index contributed by atoms with van der Waals surface area (Å²) in [6.07, 6.45) is -3.44. The van der Waals surface area contributed by atoms with Crippen LogP contribution in [0.3, 0.4) is 0 Å². The van der Waals surface area contributed by atoms with Gasteiger partial charge in [0.05, 0.1) is 10.7 Å². The number of hydrogen-bond acceptors (Lipinski definition) is 5. The molecular weight excluding hydrogens is 556 g/mol. The number of nitrogens with two attached hydrogens (primary N) is 1. The maximum Gasteiger partial charge on any atom is 0.435 e. The number of rotatable bonds is 5. The first-order valence-corrected chi connectivity index (χ1v) is 10.1. The summed E-state index contributed by atoms with van der Waals surface area (Å²) in [6, 6.07) is 6.94. The first kappa shape index (κ1) is 22.7. The average Bonchev–Trinajstić information content (AvgIpc) is 3.11. The molecule has 0 unspecified atom stereocenters. The summed E-state index contributed by atoms with van der Waals surface area (Å²) in [5, 5.41) is 6.13. The summed E-state index contributed by atoms with van der Waals surface area (Å²) in [4.78, 5) is 16.9. The third-order valence-corrected chi connectivity index (χ3v) is 5.22. The molecule has 0 spiro atoms. The van der Waals surface area contributed by atoms with E-state index in [1.165, 1.54) is 18.3 Å². The van der Waals surface area contributed by atoms with E-state index in [-0.39, 0.29) is 17.4 Å². The highest BCUT2D eigenvalue weighted by molar-refractivity contribution is 9.11. The largest absolute Gasteiger partial charge is 0.435 e. The number of benzene rings is 1. The summed E-state index contributed by atoms with van der Waals surface area (Å²) in [5.41, 5.74) is 1.74. The highest BCUT2D eigenvalue weighted by Gasteiger charge is 2.36. The smallest absolute Gasteiger partial charge is 0.319 e. The number of nitrogens with zero attached hydrogens (tertiary/aromatic N) is 3. The van der Waals surface area contributed by atoms with Crippen LogP contribution >= 0.6 is 43.5 Å². The van der Waals surface area contributed by atoms with Gasteiger partial charge < -0.3 is 5.32 Å². The minimum absolute atomic E-state index is 0.0289. The summed E-state index contributed by atoms with van der Waals surface area (Å²) in [5.74, 6) is 4.43. The molecule has 158 valence electrons. The van der Waals surface area contributed by atoms with E-state index in [2.05, 4.69) is 52.7 Å². The molecule has 0 atom stereocenters. The van der Waals surface area contributed by atoms with Gasteiger partial charge in [-0.2, -0.15) is 18.3 Å². The number of pyridine rings is 1. The average molecular weight is 569 g/mol. The Morgan fingerprint density at radius 2 is 2.00 bits per heavy atom. The van der Waals surface area contributed by atoms with Crippen LogP contribution in [0.5, 0.6) is 0 Å². The summed E-state index contributed by atoms with van der Waals surface area (Å²) in [6.45, 7) is 0.187. The van der Waals surface area contributed by atoms with Gasteiger partial charge in [-0.3, -0.25) is 16.1 Å². The summed E-state index contributed by atoms with van der Waals surface area (Å²) < 4.78 is 41.8. The van der Waals surface area contributed by atoms with Crippen LogP contribution in [0.25, 0.3) is 5.82 Å². The molecule has 3 rings (SSSR count). The molecule has 0 aliphatic carbocycles. The number of halogens is 6. The van der Waals surface area contributed by atoms with E-state index in [1.807, 2.05) is 0 Å². The molecule has 1 aromatic carbocycles. The molecule has 0 aliphatic rings. The predicted octanol–water partition coefficient (Wildman–Crippen LogP) is 4.68. The van der Waals surface area contributed by atoms with Gasteiger partial charge in [0.25, 0.3) is 5.91 Å². The second-order valence-corrected chi connectivity index (χ2v) is 8.07. The highest BCUT2D eigenvalue weighted by atomic mass is 79.9. The van der Waals surface area contributed by atoms with Crippen LogP contribution in [0.2, 0.25) is 5.02 Å². The lowest BCUT2D eigenvalue weighted by molar-refractivity contribution is -0.141. The van der Waals surface area contributed by atoms with E-state index >= 15 is 0 Å². The van der Waals surface area contributed by atoms with Gasteiger partial charge in [0.1, 0.15) is 5.69 Å². The molecule has 1 amide bonds. The molecule has 0 aliphatic heterocycles. The number of hydrogen-bond donors (Lipinski definition) is 3. The Bertz CT molecular complexity index is 1110. The zero-order valence-electron chi connectivity index (χ0n) is 14.8. The third kappa shape index (κ3) is 4.83. The molecule has 13 heteroatoms. The van der Waals surface area contributed by atoms with Crippen LogP contribution in [0.4, 0.5) is 18.9 Å². The molecule has 7 nitrogen and oxygen atoms in total. The Kier molecular flexibility index (Phi) is 6.82. The van der Waals surface area contributed by atoms with Gasteiger partial charge in [0.15, 0.2) is 11.5 Å². The monoisotopic (exact) mass is 566 g/mol. The van der Waals surface area contributed by atoms with Crippen LogP contribution in [0, 0.1) is 0 Å². The molecule has 2 aromatic heterocycles. The fourth-order valence-electron chi connectivity index (χ4n) is 2.57. The first-order chi connectivity index (χ1) is 14.1. The van der Waals surface area contributed by atoms with Crippen LogP contribution < -0.4 is 16.6 Å². The van der Waals surface area contributed by atoms with Crippen LogP contribution in [-0.2, 0) is 12.7 Å². The molecule has 0 saturated heterocycles. The second-order valence-electron chi connectivity index (χ2n) is 5.89. The normalized spacial score (nSPS) is 11.6. The fraction of sp³-hybridized carbons (Fsp3) is 0.118. The van der Waals surface area contributed by atoms with E-state index in [9.17, 15) is 18.0 Å². The molecule has 4 N–H and O–H groups in total. The number of hydrazine groups is 1. The van der Waals surface area contributed by atoms with Gasteiger partial charge in [-0.1, -0.05) is 27.5 Å². The molecule has 3 aromatic rings. The van der Waals surface area contributed by atoms with E-state index < -0.39 is 23.5 Å². The third-order valence-electron chi connectivity index (χ3n) is 3.84. The Hall–Kier alpha value is -1.99. The topological polar surface area (TPSA) is 97.9 Å². The van der Waals surface area contributed by atoms with E-state index in [0.717, 1.165) is 4.68 Å². The summed E-state index contributed by atoms with van der Waals surface area (Å²) >= 11 is 12.7. The molecule has 0 radical (unpaired) electrons. The van der Waals surface area contributed by atoms with Crippen LogP contribution in [-0.4, -0.2) is 20.7 Å². The van der Waals surface area contributed by atoms with Crippen molar-refractivity contribution in [1.29, 1.82) is 0 Å². The Labute approximate surface area is 190 Å². The molecule has 0 bridgehead atoms. The zero-order chi connectivity index (χ0) is 22.1. The fourth-order valence-corrected chi connectivity index (χ4v) is 4.18. The van der Waals surface area contributed by atoms with Gasteiger partial charge in [-0.05, 0) is 45.8 Å². The maximum absolute atomic E-state index is 13.3. The molecular formula is C17H12Br2ClF3N6O. The van der Waals surface area contributed by atoms with Gasteiger partial charge in [-0.15, -0.1) is 0 Å². The maximum atomic E-state index is 13.3. The van der Waals surface area contributed by atoms with Crippen molar-refractivity contribution in [2.75, 3.05) is 5.32 Å². The van der Waals surface area contributed by atoms with Crippen molar-refractivity contribution in [2.45, 2.75) is 12.7 Å². The van der Waals surface area contributed by atoms with Gasteiger partial charge in [0, 0.05) is 27.8 Å². The van der Waals surface area contributed by atoms with Gasteiger partial charge in [-0.25, -0.2) is 9.67 Å². The number of carbonyl (C=O) groups is 1. The number of alkyl halides is 3. The quantitative estimate of drug-likeness (QED) is 0.307. The first-order valence-electron chi connectivity index (χ1n) is 8.12. The van der Waals surface area contributed by atoms with Crippen molar-refractivity contribution < 1.29 is 18.0 Å². The van der Waals surface area contributed by atoms with Gasteiger partial charge in [0.2, 0.25) is 0 Å². The Balaban J connectivity index is 2.09. The van der Waals surface area contributed by atoms with E-state index in [1.54, 1.807) is 12.1 Å². The number of nitrogens with one attached hydrogen (secondary N) is 2. The zero-order valence-corrected chi connectivity index (χ0v) is 18.7. The Morgan fingerprint density at radius 3 is 2.63 bits per heavy atom. The van der Waals surface area contributed by atoms with E-state index in [0.29, 0.717) is 26.3 Å². The van der Waals surface area contributed by atoms with Crippen molar-refractivity contribution in [3.63, 3.8) is 0 Å². The molecule has 2 heterocycles. The Morgan fingerprint density at radius 1 is 1.27 bits per heavy atom. The van der Waals surface area contributed by atoms with E-state index in [4.69, 9.17) is 17.4 Å². The lowest BCUT2D eigenvalue weighted by atomic mass is 10.1. The second kappa shape index (κ2) is 9.02. The lowest BCUT2D eigenvalue weighted by Crippen LogP contribution is -2.23. The van der Waals surface area contributed by atoms with Crippen LogP contribution in [0.1, 0.15) is 21.7 Å². The molecule has 0 fully saturated rings. The van der Waals surface area contributed by atoms with Crippen LogP contribution in [0.15, 0.2) is 45.5 Å². The standard InChI is InChI=1S/C17H12Br2ClF3N6O/c18-9-4-8(7-26-24)14(10(19)5-9)27-16(30)12-6-13(17(21,22)23)28-29(12)15-11(20)2-1-3-25-15/h1-6,26H,7,24H2,(H,27,30). The van der Waals surface area contributed by atoms with Crippen molar-refractivity contribution in [3.8, 4) is 5.82 Å². The van der Waals surface area contributed by atoms with Crippen molar-refractivity contribution >= 4 is 55.1 Å². The number of carbonyl (C=O) groups excluding carboxylic acids is 1. The molecule has 0 saturated carbocycles. The lowest BCUT2D eigenvalue weighted by Gasteiger charge is -2.14. The van der Waals surface area contributed by atoms with Gasteiger partial charge >= 0.3 is 6.18 Å². The number of anilines is 1. The summed E-state index contributed by atoms with van der Waals surface area (Å²) in [7, 11) is 0. The highest BCUT2D eigenvalue weighted by Crippen LogP contribution is 2.33.